The second kappa shape index (κ2) is 6.18. The molecule has 5 nitrogen and oxygen atoms in total. The quantitative estimate of drug-likeness (QED) is 0.819. The van der Waals surface area contributed by atoms with Gasteiger partial charge in [0.05, 0.1) is 30.6 Å². The summed E-state index contributed by atoms with van der Waals surface area (Å²) in [4.78, 5) is 14.2. The Morgan fingerprint density at radius 3 is 2.77 bits per heavy atom. The second-order valence-corrected chi connectivity index (χ2v) is 8.40. The van der Waals surface area contributed by atoms with Crippen molar-refractivity contribution in [2.24, 2.45) is 5.92 Å². The van der Waals surface area contributed by atoms with E-state index in [4.69, 9.17) is 16.3 Å². The molecule has 2 aliphatic heterocycles. The molecule has 22 heavy (non-hydrogen) atoms. The third kappa shape index (κ3) is 3.29. The van der Waals surface area contributed by atoms with E-state index in [0.717, 1.165) is 5.56 Å². The number of hydrogen-bond donors (Lipinski definition) is 0. The highest BCUT2D eigenvalue weighted by atomic mass is 35.5. The summed E-state index contributed by atoms with van der Waals surface area (Å²) in [7, 11) is -3.05. The van der Waals surface area contributed by atoms with E-state index < -0.39 is 15.8 Å². The number of nitrogens with zero attached hydrogens (tertiary/aromatic N) is 1. The molecule has 2 atom stereocenters. The summed E-state index contributed by atoms with van der Waals surface area (Å²) in [5.74, 6) is -0.404. The van der Waals surface area contributed by atoms with Crippen LogP contribution in [0.5, 0.6) is 0 Å². The van der Waals surface area contributed by atoms with Crippen molar-refractivity contribution in [3.05, 3.63) is 34.9 Å². The molecule has 1 aromatic rings. The SMILES string of the molecule is O=C([C@H]1CCS(=O)(=O)C1)N1CCO[C@H](c2ccccc2Cl)C1. The van der Waals surface area contributed by atoms with Crippen molar-refractivity contribution in [1.82, 2.24) is 4.90 Å². The second-order valence-electron chi connectivity index (χ2n) is 5.77. The fourth-order valence-corrected chi connectivity index (χ4v) is 5.01. The van der Waals surface area contributed by atoms with Gasteiger partial charge in [0.15, 0.2) is 9.84 Å². The fraction of sp³-hybridized carbons (Fsp3) is 0.533. The minimum Gasteiger partial charge on any atom is -0.370 e. The molecule has 7 heteroatoms. The topological polar surface area (TPSA) is 63.7 Å². The molecule has 2 fully saturated rings. The molecule has 0 radical (unpaired) electrons. The molecular formula is C15H18ClNO4S. The zero-order chi connectivity index (χ0) is 15.7. The summed E-state index contributed by atoms with van der Waals surface area (Å²) in [5.41, 5.74) is 0.862. The normalized spacial score (nSPS) is 27.8. The maximum atomic E-state index is 12.5. The van der Waals surface area contributed by atoms with E-state index in [9.17, 15) is 13.2 Å². The van der Waals surface area contributed by atoms with Crippen molar-refractivity contribution in [2.45, 2.75) is 12.5 Å². The lowest BCUT2D eigenvalue weighted by molar-refractivity contribution is -0.142. The van der Waals surface area contributed by atoms with Gasteiger partial charge >= 0.3 is 0 Å². The van der Waals surface area contributed by atoms with Gasteiger partial charge in [0.1, 0.15) is 6.10 Å². The van der Waals surface area contributed by atoms with Crippen molar-refractivity contribution in [3.8, 4) is 0 Å². The molecule has 0 spiro atoms. The van der Waals surface area contributed by atoms with Crippen LogP contribution in [0, 0.1) is 5.92 Å². The Labute approximate surface area is 135 Å². The molecule has 0 aliphatic carbocycles. The van der Waals surface area contributed by atoms with Gasteiger partial charge in [-0.2, -0.15) is 0 Å². The van der Waals surface area contributed by atoms with Crippen molar-refractivity contribution in [1.29, 1.82) is 0 Å². The number of rotatable bonds is 2. The lowest BCUT2D eigenvalue weighted by atomic mass is 10.0. The largest absolute Gasteiger partial charge is 0.370 e. The molecule has 0 aromatic heterocycles. The summed E-state index contributed by atoms with van der Waals surface area (Å²) >= 11 is 6.19. The van der Waals surface area contributed by atoms with Gasteiger partial charge in [-0.3, -0.25) is 4.79 Å². The minimum absolute atomic E-state index is 0.0278. The van der Waals surface area contributed by atoms with Crippen LogP contribution in [0.25, 0.3) is 0 Å². The number of benzene rings is 1. The maximum Gasteiger partial charge on any atom is 0.226 e. The van der Waals surface area contributed by atoms with Crippen LogP contribution in [0.1, 0.15) is 18.1 Å². The number of carbonyl (C=O) groups excluding carboxylic acids is 1. The number of ether oxygens (including phenoxy) is 1. The van der Waals surface area contributed by atoms with Gasteiger partial charge in [-0.25, -0.2) is 8.42 Å². The van der Waals surface area contributed by atoms with E-state index in [1.165, 1.54) is 0 Å². The Balaban J connectivity index is 1.71. The Hall–Kier alpha value is -1.11. The molecule has 1 amide bonds. The Kier molecular flexibility index (Phi) is 4.43. The van der Waals surface area contributed by atoms with Crippen molar-refractivity contribution in [3.63, 3.8) is 0 Å². The average molecular weight is 344 g/mol. The van der Waals surface area contributed by atoms with Crippen LogP contribution in [0.2, 0.25) is 5.02 Å². The van der Waals surface area contributed by atoms with Crippen LogP contribution in [-0.4, -0.2) is 50.4 Å². The number of morpholine rings is 1. The number of carbonyl (C=O) groups is 1. The predicted molar refractivity (Wildman–Crippen MR) is 83.5 cm³/mol. The lowest BCUT2D eigenvalue weighted by Gasteiger charge is -2.34. The van der Waals surface area contributed by atoms with E-state index >= 15 is 0 Å². The molecule has 0 bridgehead atoms. The van der Waals surface area contributed by atoms with E-state index in [2.05, 4.69) is 0 Å². The number of hydrogen-bond acceptors (Lipinski definition) is 4. The van der Waals surface area contributed by atoms with Gasteiger partial charge in [0.2, 0.25) is 5.91 Å². The van der Waals surface area contributed by atoms with Gasteiger partial charge in [-0.1, -0.05) is 29.8 Å². The highest BCUT2D eigenvalue weighted by Crippen LogP contribution is 2.30. The molecular weight excluding hydrogens is 326 g/mol. The zero-order valence-electron chi connectivity index (χ0n) is 12.1. The van der Waals surface area contributed by atoms with E-state index in [-0.39, 0.29) is 23.5 Å². The van der Waals surface area contributed by atoms with Gasteiger partial charge < -0.3 is 9.64 Å². The summed E-state index contributed by atoms with van der Waals surface area (Å²) in [6.45, 7) is 1.34. The highest BCUT2D eigenvalue weighted by molar-refractivity contribution is 7.91. The van der Waals surface area contributed by atoms with Gasteiger partial charge in [-0.05, 0) is 12.5 Å². The van der Waals surface area contributed by atoms with E-state index in [0.29, 0.717) is 31.1 Å². The molecule has 0 saturated carbocycles. The summed E-state index contributed by atoms with van der Waals surface area (Å²) in [6.07, 6.45) is 0.166. The Morgan fingerprint density at radius 1 is 1.32 bits per heavy atom. The third-order valence-electron chi connectivity index (χ3n) is 4.21. The highest BCUT2D eigenvalue weighted by Gasteiger charge is 2.37. The maximum absolute atomic E-state index is 12.5. The van der Waals surface area contributed by atoms with Crippen LogP contribution >= 0.6 is 11.6 Å². The van der Waals surface area contributed by atoms with Gasteiger partial charge in [0.25, 0.3) is 0 Å². The smallest absolute Gasteiger partial charge is 0.226 e. The summed E-state index contributed by atoms with van der Waals surface area (Å²) < 4.78 is 28.8. The molecule has 1 aromatic carbocycles. The summed E-state index contributed by atoms with van der Waals surface area (Å²) in [6, 6.07) is 7.42. The van der Waals surface area contributed by atoms with Gasteiger partial charge in [-0.15, -0.1) is 0 Å². The molecule has 3 rings (SSSR count). The van der Waals surface area contributed by atoms with Crippen molar-refractivity contribution < 1.29 is 17.9 Å². The van der Waals surface area contributed by atoms with Crippen LogP contribution in [0.4, 0.5) is 0 Å². The van der Waals surface area contributed by atoms with E-state index in [1.54, 1.807) is 11.0 Å². The first-order chi connectivity index (χ1) is 10.5. The standard InChI is InChI=1S/C15H18ClNO4S/c16-13-4-2-1-3-12(13)14-9-17(6-7-21-14)15(18)11-5-8-22(19,20)10-11/h1-4,11,14H,5-10H2/t11-,14-/m0/s1. The first kappa shape index (κ1) is 15.8. The van der Waals surface area contributed by atoms with E-state index in [1.807, 2.05) is 18.2 Å². The molecule has 2 saturated heterocycles. The van der Waals surface area contributed by atoms with Crippen LogP contribution in [0.15, 0.2) is 24.3 Å². The van der Waals surface area contributed by atoms with Crippen LogP contribution in [0.3, 0.4) is 0 Å². The minimum atomic E-state index is -3.05. The van der Waals surface area contributed by atoms with Crippen molar-refractivity contribution in [2.75, 3.05) is 31.2 Å². The molecule has 2 aliphatic rings. The zero-order valence-corrected chi connectivity index (χ0v) is 13.6. The number of amides is 1. The lowest BCUT2D eigenvalue weighted by Crippen LogP contribution is -2.45. The fourth-order valence-electron chi connectivity index (χ4n) is 3.02. The molecule has 0 N–H and O–H groups in total. The molecule has 2 heterocycles. The van der Waals surface area contributed by atoms with Crippen molar-refractivity contribution >= 4 is 27.3 Å². The Morgan fingerprint density at radius 2 is 2.09 bits per heavy atom. The first-order valence-electron chi connectivity index (χ1n) is 7.31. The monoisotopic (exact) mass is 343 g/mol. The predicted octanol–water partition coefficient (Wildman–Crippen LogP) is 1.67. The first-order valence-corrected chi connectivity index (χ1v) is 9.51. The van der Waals surface area contributed by atoms with Crippen LogP contribution < -0.4 is 0 Å². The average Bonchev–Trinajstić information content (AvgIpc) is 2.87. The molecule has 0 unspecified atom stereocenters. The molecule has 120 valence electrons. The van der Waals surface area contributed by atoms with Crippen LogP contribution in [-0.2, 0) is 19.4 Å². The third-order valence-corrected chi connectivity index (χ3v) is 6.32. The number of sulfone groups is 1. The van der Waals surface area contributed by atoms with Gasteiger partial charge in [0, 0.05) is 17.1 Å². The Bertz CT molecular complexity index is 676. The summed E-state index contributed by atoms with van der Waals surface area (Å²) in [5, 5.41) is 0.616. The number of halogens is 1.